The van der Waals surface area contributed by atoms with Crippen molar-refractivity contribution in [1.82, 2.24) is 10.2 Å². The van der Waals surface area contributed by atoms with Crippen LogP contribution in [0.4, 0.5) is 0 Å². The number of methoxy groups -OCH3 is 1. The molecule has 20 heavy (non-hydrogen) atoms. The number of hydrogen-bond acceptors (Lipinski definition) is 3. The minimum atomic E-state index is 0.761. The molecule has 5 heteroatoms. The summed E-state index contributed by atoms with van der Waals surface area (Å²) in [6.45, 7) is 5.16. The molecule has 0 unspecified atom stereocenters. The van der Waals surface area contributed by atoms with E-state index >= 15 is 0 Å². The van der Waals surface area contributed by atoms with E-state index in [0.717, 1.165) is 43.6 Å². The van der Waals surface area contributed by atoms with Crippen molar-refractivity contribution in [1.29, 1.82) is 0 Å². The molecule has 0 heterocycles. The van der Waals surface area contributed by atoms with Crippen molar-refractivity contribution in [2.24, 2.45) is 0 Å². The molecule has 0 amide bonds. The highest BCUT2D eigenvalue weighted by molar-refractivity contribution is 7.80. The Bertz CT molecular complexity index is 395. The van der Waals surface area contributed by atoms with E-state index in [2.05, 4.69) is 5.32 Å². The van der Waals surface area contributed by atoms with E-state index in [1.54, 1.807) is 7.11 Å². The molecule has 0 fully saturated rings. The van der Waals surface area contributed by atoms with E-state index in [9.17, 15) is 0 Å². The fraction of sp³-hybridized carbons (Fsp3) is 0.533. The van der Waals surface area contributed by atoms with Crippen LogP contribution in [0, 0.1) is 0 Å². The third-order valence-electron chi connectivity index (χ3n) is 2.87. The molecule has 0 aromatic heterocycles. The third-order valence-corrected chi connectivity index (χ3v) is 3.33. The highest BCUT2D eigenvalue weighted by atomic mass is 32.1. The number of hydrogen-bond donors (Lipinski definition) is 1. The third kappa shape index (κ3) is 6.21. The van der Waals surface area contributed by atoms with Crippen LogP contribution in [0.1, 0.15) is 18.9 Å². The molecule has 0 radical (unpaired) electrons. The number of benzene rings is 1. The molecule has 0 atom stereocenters. The highest BCUT2D eigenvalue weighted by Gasteiger charge is 2.04. The second-order valence-electron chi connectivity index (χ2n) is 4.49. The lowest BCUT2D eigenvalue weighted by molar-refractivity contribution is 0.145. The van der Waals surface area contributed by atoms with Crippen LogP contribution in [0.5, 0.6) is 5.75 Å². The molecule has 1 aromatic carbocycles. The molecule has 4 nitrogen and oxygen atoms in total. The van der Waals surface area contributed by atoms with Gasteiger partial charge in [-0.3, -0.25) is 0 Å². The van der Waals surface area contributed by atoms with Gasteiger partial charge in [0.25, 0.3) is 0 Å². The predicted molar refractivity (Wildman–Crippen MR) is 86.2 cm³/mol. The minimum Gasteiger partial charge on any atom is -0.497 e. The van der Waals surface area contributed by atoms with Crippen molar-refractivity contribution in [3.63, 3.8) is 0 Å². The summed E-state index contributed by atoms with van der Waals surface area (Å²) in [6.07, 6.45) is 0.963. The Morgan fingerprint density at radius 2 is 2.00 bits per heavy atom. The maximum atomic E-state index is 5.35. The summed E-state index contributed by atoms with van der Waals surface area (Å²) in [5.74, 6) is 0.869. The Labute approximate surface area is 127 Å². The molecule has 0 aliphatic heterocycles. The van der Waals surface area contributed by atoms with Gasteiger partial charge >= 0.3 is 0 Å². The van der Waals surface area contributed by atoms with Crippen molar-refractivity contribution in [2.75, 3.05) is 33.9 Å². The summed E-state index contributed by atoms with van der Waals surface area (Å²) in [5, 5.41) is 4.00. The van der Waals surface area contributed by atoms with Crippen molar-refractivity contribution in [3.8, 4) is 5.75 Å². The van der Waals surface area contributed by atoms with Gasteiger partial charge in [-0.15, -0.1) is 0 Å². The van der Waals surface area contributed by atoms with Crippen LogP contribution in [-0.2, 0) is 11.3 Å². The molecule has 0 bridgehead atoms. The molecule has 1 aromatic rings. The van der Waals surface area contributed by atoms with Crippen LogP contribution in [0.2, 0.25) is 0 Å². The van der Waals surface area contributed by atoms with Gasteiger partial charge < -0.3 is 19.7 Å². The lowest BCUT2D eigenvalue weighted by Crippen LogP contribution is -2.37. The first-order valence-corrected chi connectivity index (χ1v) is 7.27. The van der Waals surface area contributed by atoms with Crippen molar-refractivity contribution in [3.05, 3.63) is 29.8 Å². The van der Waals surface area contributed by atoms with Gasteiger partial charge in [0.15, 0.2) is 5.11 Å². The number of nitrogens with zero attached hydrogens (tertiary/aromatic N) is 1. The summed E-state index contributed by atoms with van der Waals surface area (Å²) < 4.78 is 10.4. The van der Waals surface area contributed by atoms with E-state index in [-0.39, 0.29) is 0 Å². The second-order valence-corrected chi connectivity index (χ2v) is 4.87. The summed E-state index contributed by atoms with van der Waals surface area (Å²) >= 11 is 5.35. The number of rotatable bonds is 8. The van der Waals surface area contributed by atoms with Gasteiger partial charge in [-0.1, -0.05) is 12.1 Å². The maximum Gasteiger partial charge on any atom is 0.168 e. The zero-order valence-corrected chi connectivity index (χ0v) is 13.3. The van der Waals surface area contributed by atoms with E-state index in [0.29, 0.717) is 0 Å². The molecule has 0 saturated heterocycles. The number of thiocarbonyl (C=S) groups is 1. The van der Waals surface area contributed by atoms with E-state index in [1.165, 1.54) is 5.56 Å². The largest absolute Gasteiger partial charge is 0.497 e. The first-order chi connectivity index (χ1) is 9.67. The Balaban J connectivity index is 2.29. The fourth-order valence-corrected chi connectivity index (χ4v) is 1.89. The van der Waals surface area contributed by atoms with Gasteiger partial charge in [-0.2, -0.15) is 0 Å². The standard InChI is InChI=1S/C15H24N2O2S/c1-4-19-11-5-10-16-15(20)17(2)12-13-6-8-14(18-3)9-7-13/h6-9H,4-5,10-12H2,1-3H3,(H,16,20). The van der Waals surface area contributed by atoms with Crippen molar-refractivity contribution < 1.29 is 9.47 Å². The zero-order valence-electron chi connectivity index (χ0n) is 12.5. The fourth-order valence-electron chi connectivity index (χ4n) is 1.73. The molecule has 0 aliphatic carbocycles. The predicted octanol–water partition coefficient (Wildman–Crippen LogP) is 2.43. The van der Waals surface area contributed by atoms with Gasteiger partial charge in [-0.05, 0) is 43.3 Å². The molecular formula is C15H24N2O2S. The maximum absolute atomic E-state index is 5.35. The van der Waals surface area contributed by atoms with Crippen LogP contribution < -0.4 is 10.1 Å². The van der Waals surface area contributed by atoms with Gasteiger partial charge in [0, 0.05) is 33.4 Å². The van der Waals surface area contributed by atoms with Crippen LogP contribution in [0.15, 0.2) is 24.3 Å². The molecule has 112 valence electrons. The quantitative estimate of drug-likeness (QED) is 0.588. The van der Waals surface area contributed by atoms with E-state index < -0.39 is 0 Å². The highest BCUT2D eigenvalue weighted by Crippen LogP contribution is 2.12. The van der Waals surface area contributed by atoms with Crippen LogP contribution in [0.3, 0.4) is 0 Å². The SMILES string of the molecule is CCOCCCNC(=S)N(C)Cc1ccc(OC)cc1. The molecule has 1 rings (SSSR count). The molecular weight excluding hydrogens is 272 g/mol. The van der Waals surface area contributed by atoms with Gasteiger partial charge in [0.2, 0.25) is 0 Å². The zero-order chi connectivity index (χ0) is 14.8. The van der Waals surface area contributed by atoms with Gasteiger partial charge in [-0.25, -0.2) is 0 Å². The first-order valence-electron chi connectivity index (χ1n) is 6.87. The van der Waals surface area contributed by atoms with E-state index in [1.807, 2.05) is 43.1 Å². The first kappa shape index (κ1) is 16.7. The second kappa shape index (κ2) is 9.55. The lowest BCUT2D eigenvalue weighted by Gasteiger charge is -2.21. The van der Waals surface area contributed by atoms with Gasteiger partial charge in [0.05, 0.1) is 7.11 Å². The average Bonchev–Trinajstić information content (AvgIpc) is 2.47. The Kier molecular flexibility index (Phi) is 7.99. The minimum absolute atomic E-state index is 0.761. The molecule has 1 N–H and O–H groups in total. The summed E-state index contributed by atoms with van der Waals surface area (Å²) in [4.78, 5) is 2.03. The van der Waals surface area contributed by atoms with Crippen LogP contribution in [0.25, 0.3) is 0 Å². The normalized spacial score (nSPS) is 10.2. The van der Waals surface area contributed by atoms with Gasteiger partial charge in [0.1, 0.15) is 5.75 Å². The van der Waals surface area contributed by atoms with Crippen molar-refractivity contribution >= 4 is 17.3 Å². The molecule has 0 saturated carbocycles. The number of ether oxygens (including phenoxy) is 2. The number of nitrogens with one attached hydrogen (secondary N) is 1. The molecule has 0 spiro atoms. The lowest BCUT2D eigenvalue weighted by atomic mass is 10.2. The topological polar surface area (TPSA) is 33.7 Å². The van der Waals surface area contributed by atoms with Crippen LogP contribution in [-0.4, -0.2) is 43.9 Å². The van der Waals surface area contributed by atoms with E-state index in [4.69, 9.17) is 21.7 Å². The smallest absolute Gasteiger partial charge is 0.168 e. The van der Waals surface area contributed by atoms with Crippen LogP contribution >= 0.6 is 12.2 Å². The summed E-state index contributed by atoms with van der Waals surface area (Å²) in [7, 11) is 3.66. The molecule has 0 aliphatic rings. The monoisotopic (exact) mass is 296 g/mol. The summed E-state index contributed by atoms with van der Waals surface area (Å²) in [5.41, 5.74) is 1.20. The Hall–Kier alpha value is -1.33. The van der Waals surface area contributed by atoms with Crippen molar-refractivity contribution in [2.45, 2.75) is 19.9 Å². The Morgan fingerprint density at radius 1 is 1.30 bits per heavy atom. The average molecular weight is 296 g/mol. The summed E-state index contributed by atoms with van der Waals surface area (Å²) in [6, 6.07) is 8.02. The Morgan fingerprint density at radius 3 is 2.60 bits per heavy atom.